The van der Waals surface area contributed by atoms with Gasteiger partial charge in [-0.3, -0.25) is 4.79 Å². The SMILES string of the molecule is Cc1cc(C)n2ncc(C(=O)N3CCOC[C@@H]3C(=O)O)c2n1. The van der Waals surface area contributed by atoms with E-state index in [9.17, 15) is 14.7 Å². The third-order valence-electron chi connectivity index (χ3n) is 3.68. The molecule has 0 radical (unpaired) electrons. The number of aromatic nitrogens is 3. The highest BCUT2D eigenvalue weighted by Crippen LogP contribution is 2.17. The zero-order chi connectivity index (χ0) is 15.9. The molecule has 0 saturated carbocycles. The van der Waals surface area contributed by atoms with E-state index in [4.69, 9.17) is 4.74 Å². The van der Waals surface area contributed by atoms with Gasteiger partial charge in [0.25, 0.3) is 5.91 Å². The second-order valence-electron chi connectivity index (χ2n) is 5.26. The molecule has 0 spiro atoms. The van der Waals surface area contributed by atoms with E-state index in [1.54, 1.807) is 4.52 Å². The van der Waals surface area contributed by atoms with Crippen LogP contribution in [-0.4, -0.2) is 62.3 Å². The van der Waals surface area contributed by atoms with Crippen LogP contribution in [0.1, 0.15) is 21.7 Å². The summed E-state index contributed by atoms with van der Waals surface area (Å²) >= 11 is 0. The number of ether oxygens (including phenoxy) is 1. The molecule has 3 rings (SSSR count). The van der Waals surface area contributed by atoms with Crippen molar-refractivity contribution in [2.24, 2.45) is 0 Å². The summed E-state index contributed by atoms with van der Waals surface area (Å²) in [5.74, 6) is -1.46. The maximum absolute atomic E-state index is 12.7. The molecule has 1 fully saturated rings. The van der Waals surface area contributed by atoms with Gasteiger partial charge in [-0.25, -0.2) is 14.3 Å². The van der Waals surface area contributed by atoms with Crippen LogP contribution in [0.25, 0.3) is 5.65 Å². The summed E-state index contributed by atoms with van der Waals surface area (Å²) < 4.78 is 6.74. The predicted molar refractivity (Wildman–Crippen MR) is 75.7 cm³/mol. The molecule has 8 heteroatoms. The van der Waals surface area contributed by atoms with Gasteiger partial charge in [-0.1, -0.05) is 0 Å². The number of carbonyl (C=O) groups excluding carboxylic acids is 1. The first-order valence-corrected chi connectivity index (χ1v) is 6.92. The van der Waals surface area contributed by atoms with Crippen LogP contribution in [0.15, 0.2) is 12.3 Å². The minimum absolute atomic E-state index is 0.00816. The van der Waals surface area contributed by atoms with Crippen molar-refractivity contribution in [3.8, 4) is 0 Å². The second-order valence-corrected chi connectivity index (χ2v) is 5.26. The quantitative estimate of drug-likeness (QED) is 0.855. The number of aryl methyl sites for hydroxylation is 2. The fourth-order valence-electron chi connectivity index (χ4n) is 2.63. The molecule has 2 aromatic heterocycles. The summed E-state index contributed by atoms with van der Waals surface area (Å²) in [5.41, 5.74) is 2.38. The predicted octanol–water partition coefficient (Wildman–Crippen LogP) is 0.272. The van der Waals surface area contributed by atoms with Gasteiger partial charge < -0.3 is 14.7 Å². The molecule has 8 nitrogen and oxygen atoms in total. The van der Waals surface area contributed by atoms with E-state index in [0.717, 1.165) is 11.4 Å². The summed E-state index contributed by atoms with van der Waals surface area (Å²) in [7, 11) is 0. The Kier molecular flexibility index (Phi) is 3.53. The van der Waals surface area contributed by atoms with Gasteiger partial charge in [0, 0.05) is 17.9 Å². The van der Waals surface area contributed by atoms with E-state index in [-0.39, 0.29) is 19.1 Å². The Labute approximate surface area is 126 Å². The number of fused-ring (bicyclic) bond motifs is 1. The molecule has 1 amide bonds. The van der Waals surface area contributed by atoms with Crippen molar-refractivity contribution >= 4 is 17.5 Å². The zero-order valence-electron chi connectivity index (χ0n) is 12.3. The summed E-state index contributed by atoms with van der Waals surface area (Å²) in [6.07, 6.45) is 1.44. The normalized spacial score (nSPS) is 18.6. The molecule has 1 aliphatic rings. The Bertz CT molecular complexity index is 755. The number of carboxylic acids is 1. The van der Waals surface area contributed by atoms with Crippen LogP contribution in [-0.2, 0) is 9.53 Å². The second kappa shape index (κ2) is 5.38. The van der Waals surface area contributed by atoms with E-state index in [0.29, 0.717) is 17.8 Å². The zero-order valence-corrected chi connectivity index (χ0v) is 12.3. The highest BCUT2D eigenvalue weighted by Gasteiger charge is 2.34. The minimum Gasteiger partial charge on any atom is -0.480 e. The molecule has 0 unspecified atom stereocenters. The Morgan fingerprint density at radius 3 is 2.91 bits per heavy atom. The van der Waals surface area contributed by atoms with Crippen molar-refractivity contribution < 1.29 is 19.4 Å². The van der Waals surface area contributed by atoms with E-state index in [1.807, 2.05) is 19.9 Å². The highest BCUT2D eigenvalue weighted by atomic mass is 16.5. The molecule has 3 heterocycles. The molecule has 2 aromatic rings. The molecule has 1 aliphatic heterocycles. The number of morpholine rings is 1. The molecule has 1 atom stereocenters. The van der Waals surface area contributed by atoms with Crippen molar-refractivity contribution in [1.82, 2.24) is 19.5 Å². The minimum atomic E-state index is -1.08. The van der Waals surface area contributed by atoms with Crippen molar-refractivity contribution in [2.75, 3.05) is 19.8 Å². The highest BCUT2D eigenvalue weighted by molar-refractivity contribution is 6.01. The molecule has 0 aromatic carbocycles. The monoisotopic (exact) mass is 304 g/mol. The van der Waals surface area contributed by atoms with Crippen molar-refractivity contribution in [2.45, 2.75) is 19.9 Å². The molecule has 22 heavy (non-hydrogen) atoms. The topological polar surface area (TPSA) is 97.0 Å². The van der Waals surface area contributed by atoms with Gasteiger partial charge in [-0.15, -0.1) is 0 Å². The van der Waals surface area contributed by atoms with E-state index < -0.39 is 12.0 Å². The third kappa shape index (κ3) is 2.31. The summed E-state index contributed by atoms with van der Waals surface area (Å²) in [4.78, 5) is 29.7. The molecule has 1 N–H and O–H groups in total. The van der Waals surface area contributed by atoms with E-state index in [1.165, 1.54) is 11.1 Å². The number of nitrogens with zero attached hydrogens (tertiary/aromatic N) is 4. The van der Waals surface area contributed by atoms with Crippen LogP contribution in [0.3, 0.4) is 0 Å². The van der Waals surface area contributed by atoms with Crippen LogP contribution < -0.4 is 0 Å². The van der Waals surface area contributed by atoms with Gasteiger partial charge in [-0.05, 0) is 19.9 Å². The Hall–Kier alpha value is -2.48. The Balaban J connectivity index is 2.03. The summed E-state index contributed by atoms with van der Waals surface area (Å²) in [5, 5.41) is 13.4. The number of hydrogen-bond acceptors (Lipinski definition) is 5. The van der Waals surface area contributed by atoms with Crippen molar-refractivity contribution in [3.63, 3.8) is 0 Å². The first kappa shape index (κ1) is 14.5. The largest absolute Gasteiger partial charge is 0.480 e. The Morgan fingerprint density at radius 2 is 2.18 bits per heavy atom. The smallest absolute Gasteiger partial charge is 0.328 e. The van der Waals surface area contributed by atoms with Crippen molar-refractivity contribution in [3.05, 3.63) is 29.2 Å². The van der Waals surface area contributed by atoms with Gasteiger partial charge in [-0.2, -0.15) is 5.10 Å². The molecular formula is C14H16N4O4. The summed E-state index contributed by atoms with van der Waals surface area (Å²) in [6, 6.07) is 0.880. The lowest BCUT2D eigenvalue weighted by molar-refractivity contribution is -0.147. The first-order chi connectivity index (χ1) is 10.5. The van der Waals surface area contributed by atoms with Crippen molar-refractivity contribution in [1.29, 1.82) is 0 Å². The van der Waals surface area contributed by atoms with Gasteiger partial charge >= 0.3 is 5.97 Å². The van der Waals surface area contributed by atoms with Crippen LogP contribution in [0.5, 0.6) is 0 Å². The fraction of sp³-hybridized carbons (Fsp3) is 0.429. The average Bonchev–Trinajstić information content (AvgIpc) is 2.90. The lowest BCUT2D eigenvalue weighted by Gasteiger charge is -2.32. The lowest BCUT2D eigenvalue weighted by Crippen LogP contribution is -2.52. The van der Waals surface area contributed by atoms with Gasteiger partial charge in [0.05, 0.1) is 19.4 Å². The molecule has 0 aliphatic carbocycles. The molecular weight excluding hydrogens is 288 g/mol. The number of hydrogen-bond donors (Lipinski definition) is 1. The molecule has 0 bridgehead atoms. The van der Waals surface area contributed by atoms with Crippen LogP contribution in [0, 0.1) is 13.8 Å². The fourth-order valence-corrected chi connectivity index (χ4v) is 2.63. The van der Waals surface area contributed by atoms with Gasteiger partial charge in [0.1, 0.15) is 5.56 Å². The van der Waals surface area contributed by atoms with Gasteiger partial charge in [0.2, 0.25) is 0 Å². The number of aliphatic carboxylic acids is 1. The number of carbonyl (C=O) groups is 2. The standard InChI is InChI=1S/C14H16N4O4/c1-8-5-9(2)18-12(16-8)10(6-15-18)13(19)17-3-4-22-7-11(17)14(20)21/h5-6,11H,3-4,7H2,1-2H3,(H,20,21)/t11-/m1/s1. The number of amides is 1. The van der Waals surface area contributed by atoms with E-state index in [2.05, 4.69) is 10.1 Å². The maximum Gasteiger partial charge on any atom is 0.328 e. The molecule has 116 valence electrons. The van der Waals surface area contributed by atoms with Crippen LogP contribution in [0.4, 0.5) is 0 Å². The van der Waals surface area contributed by atoms with E-state index >= 15 is 0 Å². The van der Waals surface area contributed by atoms with Crippen LogP contribution in [0.2, 0.25) is 0 Å². The first-order valence-electron chi connectivity index (χ1n) is 6.92. The number of rotatable bonds is 2. The third-order valence-corrected chi connectivity index (χ3v) is 3.68. The average molecular weight is 304 g/mol. The number of carboxylic acid groups (broad SMARTS) is 1. The Morgan fingerprint density at radius 1 is 1.41 bits per heavy atom. The molecule has 1 saturated heterocycles. The summed E-state index contributed by atoms with van der Waals surface area (Å²) in [6.45, 7) is 4.25. The van der Waals surface area contributed by atoms with Crippen LogP contribution >= 0.6 is 0 Å². The lowest BCUT2D eigenvalue weighted by atomic mass is 10.2. The van der Waals surface area contributed by atoms with Gasteiger partial charge in [0.15, 0.2) is 11.7 Å². The maximum atomic E-state index is 12.7.